The minimum Gasteiger partial charge on any atom is -0.507 e. The number of benzene rings is 2. The van der Waals surface area contributed by atoms with Crippen LogP contribution in [0.15, 0.2) is 104 Å². The molecule has 7 N–H and O–H groups in total. The number of aromatic hydroxyl groups is 1. The van der Waals surface area contributed by atoms with Crippen LogP contribution in [0.4, 0.5) is 11.4 Å². The van der Waals surface area contributed by atoms with Crippen molar-refractivity contribution in [2.45, 2.75) is 53.0 Å². The summed E-state index contributed by atoms with van der Waals surface area (Å²) in [4.78, 5) is 29.2. The standard InChI is InChI=1S/C16H22N6O3.C13H13NO.C6H8.C4H10.CH3Cl/c1-16(2,5-6-23)22(18)9-13(17)15(25)20-11-3-4-14-19-12(10-24)8-21(14)7-11;1-14-7-6-10-9-4-2-3-5-11(9)13(15)8-12(10)14;1-3-5-6-4-2;1-4(2)3;1-2/h3-4,7-10,23H,5-6,17-18H2,1-2H3,(H,20,25);2-5,8,15H,6-7H2,1H3;3-6H,1-2H2;4H,1-3H3;1H3/b13-9-;;6-5-;;. The summed E-state index contributed by atoms with van der Waals surface area (Å²) in [6.45, 7) is 18.1. The van der Waals surface area contributed by atoms with Crippen LogP contribution < -0.4 is 21.8 Å². The number of aldehydes is 1. The largest absolute Gasteiger partial charge is 0.507 e. The smallest absolute Gasteiger partial charge is 0.273 e. The SMILES string of the molecule is C=C/C=C\C=C.CC(C)(CCO)N(N)/C=C(\N)C(=O)Nc1ccc2nc(C=O)cn2c1.CC(C)C.CCl.CN1CCc2c1cc(O)c1ccccc21. The molecule has 2 aromatic heterocycles. The van der Waals surface area contributed by atoms with Crippen molar-refractivity contribution < 1.29 is 19.8 Å². The molecule has 0 fully saturated rings. The quantitative estimate of drug-likeness (QED) is 0.0299. The number of amides is 1. The van der Waals surface area contributed by atoms with Crippen molar-refractivity contribution in [3.8, 4) is 5.75 Å². The average molecular weight is 734 g/mol. The molecule has 0 saturated heterocycles. The van der Waals surface area contributed by atoms with E-state index in [1.807, 2.05) is 50.3 Å². The van der Waals surface area contributed by atoms with Gasteiger partial charge in [0.25, 0.3) is 5.91 Å². The number of pyridine rings is 1. The van der Waals surface area contributed by atoms with E-state index in [4.69, 9.17) is 16.7 Å². The lowest BCUT2D eigenvalue weighted by Crippen LogP contribution is -2.46. The van der Waals surface area contributed by atoms with Crippen LogP contribution in [0.1, 0.15) is 57.1 Å². The van der Waals surface area contributed by atoms with E-state index in [0.29, 0.717) is 35.5 Å². The lowest BCUT2D eigenvalue weighted by molar-refractivity contribution is -0.113. The Balaban J connectivity index is 0.000000420. The van der Waals surface area contributed by atoms with E-state index in [2.05, 4.69) is 73.8 Å². The van der Waals surface area contributed by atoms with Crippen LogP contribution >= 0.6 is 11.6 Å². The Labute approximate surface area is 313 Å². The summed E-state index contributed by atoms with van der Waals surface area (Å²) >= 11 is 4.64. The third-order valence-corrected chi connectivity index (χ3v) is 7.41. The molecule has 3 heterocycles. The first-order valence-corrected chi connectivity index (χ1v) is 17.5. The first-order chi connectivity index (χ1) is 24.7. The maximum atomic E-state index is 12.2. The van der Waals surface area contributed by atoms with E-state index in [1.165, 1.54) is 34.2 Å². The number of aromatic nitrogens is 2. The monoisotopic (exact) mass is 733 g/mol. The first-order valence-electron chi connectivity index (χ1n) is 16.8. The Bertz CT molecular complexity index is 1800. The second-order valence-corrected chi connectivity index (χ2v) is 12.9. The summed E-state index contributed by atoms with van der Waals surface area (Å²) in [7, 11) is 2.07. The summed E-state index contributed by atoms with van der Waals surface area (Å²) in [6.07, 6.45) is 15.2. The van der Waals surface area contributed by atoms with Gasteiger partial charge in [-0.15, -0.1) is 11.6 Å². The second kappa shape index (κ2) is 22.7. The highest BCUT2D eigenvalue weighted by molar-refractivity contribution is 6.15. The zero-order valence-electron chi connectivity index (χ0n) is 31.5. The van der Waals surface area contributed by atoms with Crippen LogP contribution in [0.2, 0.25) is 0 Å². The minimum atomic E-state index is -0.555. The van der Waals surface area contributed by atoms with E-state index in [0.717, 1.165) is 24.3 Å². The molecule has 4 aromatic rings. The summed E-state index contributed by atoms with van der Waals surface area (Å²) in [5, 5.41) is 25.1. The number of imidazole rings is 1. The highest BCUT2D eigenvalue weighted by Gasteiger charge is 2.23. The lowest BCUT2D eigenvalue weighted by Gasteiger charge is -2.33. The van der Waals surface area contributed by atoms with Crippen LogP contribution in [-0.2, 0) is 11.2 Å². The number of halogens is 1. The summed E-state index contributed by atoms with van der Waals surface area (Å²) in [5.41, 5.74) is 9.08. The van der Waals surface area contributed by atoms with Gasteiger partial charge >= 0.3 is 0 Å². The van der Waals surface area contributed by atoms with Gasteiger partial charge in [0.05, 0.1) is 11.2 Å². The van der Waals surface area contributed by atoms with Crippen molar-refractivity contribution in [1.29, 1.82) is 0 Å². The number of rotatable bonds is 9. The number of aliphatic hydroxyl groups excluding tert-OH is 1. The van der Waals surface area contributed by atoms with E-state index in [-0.39, 0.29) is 12.3 Å². The van der Waals surface area contributed by atoms with Crippen molar-refractivity contribution in [1.82, 2.24) is 14.4 Å². The summed E-state index contributed by atoms with van der Waals surface area (Å²) in [6, 6.07) is 13.3. The van der Waals surface area contributed by atoms with E-state index < -0.39 is 11.4 Å². The molecule has 0 radical (unpaired) electrons. The number of phenols is 1. The molecule has 0 atom stereocenters. The molecule has 0 bridgehead atoms. The number of allylic oxidation sites excluding steroid dienone is 4. The van der Waals surface area contributed by atoms with Crippen molar-refractivity contribution in [3.63, 3.8) is 0 Å². The Morgan fingerprint density at radius 3 is 2.25 bits per heavy atom. The molecule has 282 valence electrons. The number of hydrogen-bond donors (Lipinski definition) is 5. The zero-order valence-corrected chi connectivity index (χ0v) is 32.3. The van der Waals surface area contributed by atoms with Crippen LogP contribution in [0.5, 0.6) is 5.75 Å². The number of carbonyl (C=O) groups is 2. The number of phenolic OH excluding ortho intramolecular Hbond substituents is 1. The Morgan fingerprint density at radius 1 is 1.10 bits per heavy atom. The highest BCUT2D eigenvalue weighted by Crippen LogP contribution is 2.38. The molecule has 0 spiro atoms. The van der Waals surface area contributed by atoms with Crippen LogP contribution in [0.25, 0.3) is 16.4 Å². The normalized spacial score (nSPS) is 11.9. The minimum absolute atomic E-state index is 0.0334. The van der Waals surface area contributed by atoms with Crippen LogP contribution in [-0.4, -0.2) is 68.9 Å². The van der Waals surface area contributed by atoms with Gasteiger partial charge in [0.15, 0.2) is 6.29 Å². The number of nitrogens with two attached hydrogens (primary N) is 2. The second-order valence-electron chi connectivity index (χ2n) is 12.9. The van der Waals surface area contributed by atoms with Crippen molar-refractivity contribution in [2.75, 3.05) is 36.8 Å². The fraction of sp³-hybridized carbons (Fsp3) is 0.325. The van der Waals surface area contributed by atoms with Crippen molar-refractivity contribution >= 4 is 51.6 Å². The predicted molar refractivity (Wildman–Crippen MR) is 218 cm³/mol. The van der Waals surface area contributed by atoms with Gasteiger partial charge in [-0.1, -0.05) is 82.5 Å². The molecule has 2 aromatic carbocycles. The fourth-order valence-corrected chi connectivity index (χ4v) is 4.69. The first kappa shape index (κ1) is 44.9. The molecule has 12 heteroatoms. The molecular formula is C40H56ClN7O4. The van der Waals surface area contributed by atoms with Crippen LogP contribution in [0, 0.1) is 5.92 Å². The van der Waals surface area contributed by atoms with Gasteiger partial charge in [-0.2, -0.15) is 0 Å². The molecule has 1 amide bonds. The number of aliphatic hydroxyl groups is 1. The van der Waals surface area contributed by atoms with Gasteiger partial charge in [-0.3, -0.25) is 9.59 Å². The Kier molecular flexibility index (Phi) is 19.6. The fourth-order valence-electron chi connectivity index (χ4n) is 4.69. The third kappa shape index (κ3) is 13.9. The average Bonchev–Trinajstić information content (AvgIpc) is 3.71. The van der Waals surface area contributed by atoms with Gasteiger partial charge in [0.1, 0.15) is 22.8 Å². The number of fused-ring (bicyclic) bond motifs is 4. The molecule has 0 aliphatic carbocycles. The van der Waals surface area contributed by atoms with Gasteiger partial charge in [-0.25, -0.2) is 10.8 Å². The number of hydrazine groups is 1. The Hall–Kier alpha value is -5.10. The molecule has 1 aliphatic rings. The number of likely N-dealkylation sites (N-methyl/N-ethyl adjacent to an activating group) is 1. The third-order valence-electron chi connectivity index (χ3n) is 7.41. The van der Waals surface area contributed by atoms with Crippen LogP contribution in [0.3, 0.4) is 0 Å². The number of alkyl halides is 1. The number of hydrogen-bond acceptors (Lipinski definition) is 9. The molecule has 5 rings (SSSR count). The van der Waals surface area contributed by atoms with Gasteiger partial charge in [0.2, 0.25) is 0 Å². The zero-order chi connectivity index (χ0) is 39.4. The molecule has 1 aliphatic heterocycles. The molecular weight excluding hydrogens is 678 g/mol. The molecule has 0 unspecified atom stereocenters. The maximum Gasteiger partial charge on any atom is 0.273 e. The predicted octanol–water partition coefficient (Wildman–Crippen LogP) is 7.19. The van der Waals surface area contributed by atoms with E-state index >= 15 is 0 Å². The van der Waals surface area contributed by atoms with Gasteiger partial charge < -0.3 is 35.6 Å². The van der Waals surface area contributed by atoms with Gasteiger partial charge in [-0.05, 0) is 55.7 Å². The van der Waals surface area contributed by atoms with Crippen molar-refractivity contribution in [3.05, 3.63) is 115 Å². The topological polar surface area (TPSA) is 162 Å². The highest BCUT2D eigenvalue weighted by atomic mass is 35.5. The summed E-state index contributed by atoms with van der Waals surface area (Å²) in [5.74, 6) is 6.60. The molecule has 11 nitrogen and oxygen atoms in total. The van der Waals surface area contributed by atoms with Crippen molar-refractivity contribution in [2.24, 2.45) is 17.5 Å². The summed E-state index contributed by atoms with van der Waals surface area (Å²) < 4.78 is 1.62. The van der Waals surface area contributed by atoms with Gasteiger partial charge in [0, 0.05) is 62.3 Å². The number of nitrogens with one attached hydrogen (secondary N) is 1. The number of carbonyl (C=O) groups excluding carboxylic acids is 2. The Morgan fingerprint density at radius 2 is 1.69 bits per heavy atom. The number of anilines is 2. The molecule has 52 heavy (non-hydrogen) atoms. The van der Waals surface area contributed by atoms with E-state index in [9.17, 15) is 14.7 Å². The van der Waals surface area contributed by atoms with E-state index in [1.54, 1.807) is 41.1 Å². The number of nitrogens with zero attached hydrogens (tertiary/aromatic N) is 4. The maximum absolute atomic E-state index is 12.2. The lowest BCUT2D eigenvalue weighted by atomic mass is 10.0. The molecule has 0 saturated carbocycles.